The number of aliphatic hydroxyl groups is 2. The fourth-order valence-corrected chi connectivity index (χ4v) is 0.985. The van der Waals surface area contributed by atoms with E-state index in [1.165, 1.54) is 18.2 Å². The number of rotatable bonds is 2. The van der Waals surface area contributed by atoms with E-state index in [0.717, 1.165) is 0 Å². The average molecular weight is 184 g/mol. The molecule has 0 aliphatic heterocycles. The quantitative estimate of drug-likeness (QED) is 0.472. The van der Waals surface area contributed by atoms with Gasteiger partial charge in [-0.05, 0) is 19.1 Å². The number of esters is 1. The second-order valence-corrected chi connectivity index (χ2v) is 2.80. The topological polar surface area (TPSA) is 66.8 Å². The maximum absolute atomic E-state index is 11.1. The highest BCUT2D eigenvalue weighted by molar-refractivity contribution is 5.91. The Balaban J connectivity index is 2.62. The molecule has 4 heteroatoms. The number of ether oxygens (including phenoxy) is 1. The van der Waals surface area contributed by atoms with Gasteiger partial charge in [-0.1, -0.05) is 6.08 Å². The minimum atomic E-state index is -1.82. The molecule has 0 atom stereocenters. The van der Waals surface area contributed by atoms with E-state index in [0.29, 0.717) is 12.2 Å². The third kappa shape index (κ3) is 2.68. The molecule has 13 heavy (non-hydrogen) atoms. The molecule has 0 fully saturated rings. The fraction of sp³-hybridized carbons (Fsp3) is 0.444. The SMILES string of the molecule is CCOC(=O)C1=CCC(O)(O)C=C1. The van der Waals surface area contributed by atoms with Gasteiger partial charge in [-0.25, -0.2) is 4.79 Å². The second kappa shape index (κ2) is 3.72. The largest absolute Gasteiger partial charge is 0.462 e. The van der Waals surface area contributed by atoms with Crippen molar-refractivity contribution in [2.24, 2.45) is 0 Å². The lowest BCUT2D eigenvalue weighted by Crippen LogP contribution is -2.26. The van der Waals surface area contributed by atoms with Gasteiger partial charge in [-0.3, -0.25) is 0 Å². The molecule has 0 radical (unpaired) electrons. The molecule has 0 bridgehead atoms. The van der Waals surface area contributed by atoms with E-state index in [4.69, 9.17) is 14.9 Å². The zero-order chi connectivity index (χ0) is 9.90. The molecule has 0 aromatic carbocycles. The molecule has 4 nitrogen and oxygen atoms in total. The number of carbonyl (C=O) groups is 1. The molecule has 1 aliphatic carbocycles. The van der Waals surface area contributed by atoms with Gasteiger partial charge in [-0.15, -0.1) is 0 Å². The van der Waals surface area contributed by atoms with Crippen LogP contribution in [0.15, 0.2) is 23.8 Å². The van der Waals surface area contributed by atoms with Gasteiger partial charge >= 0.3 is 5.97 Å². The zero-order valence-corrected chi connectivity index (χ0v) is 7.36. The van der Waals surface area contributed by atoms with Crippen LogP contribution in [0.25, 0.3) is 0 Å². The van der Waals surface area contributed by atoms with Crippen LogP contribution in [0.5, 0.6) is 0 Å². The van der Waals surface area contributed by atoms with Crippen molar-refractivity contribution in [3.05, 3.63) is 23.8 Å². The van der Waals surface area contributed by atoms with Gasteiger partial charge in [0.05, 0.1) is 12.2 Å². The number of carbonyl (C=O) groups excluding carboxylic acids is 1. The first-order chi connectivity index (χ1) is 6.05. The van der Waals surface area contributed by atoms with Crippen LogP contribution in [-0.4, -0.2) is 28.6 Å². The Morgan fingerprint density at radius 3 is 2.85 bits per heavy atom. The summed E-state index contributed by atoms with van der Waals surface area (Å²) in [5.74, 6) is -2.26. The minimum absolute atomic E-state index is 0.0116. The van der Waals surface area contributed by atoms with Gasteiger partial charge < -0.3 is 14.9 Å². The fourth-order valence-electron chi connectivity index (χ4n) is 0.985. The Morgan fingerprint density at radius 1 is 1.69 bits per heavy atom. The maximum atomic E-state index is 11.1. The van der Waals surface area contributed by atoms with Crippen molar-refractivity contribution in [2.75, 3.05) is 6.61 Å². The van der Waals surface area contributed by atoms with Crippen LogP contribution in [0.1, 0.15) is 13.3 Å². The van der Waals surface area contributed by atoms with Crippen molar-refractivity contribution in [1.29, 1.82) is 0 Å². The minimum Gasteiger partial charge on any atom is -0.462 e. The molecule has 0 saturated carbocycles. The Labute approximate surface area is 76.1 Å². The summed E-state index contributed by atoms with van der Waals surface area (Å²) >= 11 is 0. The second-order valence-electron chi connectivity index (χ2n) is 2.80. The van der Waals surface area contributed by atoms with E-state index in [9.17, 15) is 4.79 Å². The molecule has 1 rings (SSSR count). The highest BCUT2D eigenvalue weighted by Crippen LogP contribution is 2.18. The highest BCUT2D eigenvalue weighted by Gasteiger charge is 2.22. The summed E-state index contributed by atoms with van der Waals surface area (Å²) in [6.07, 6.45) is 3.97. The predicted molar refractivity (Wildman–Crippen MR) is 45.6 cm³/mol. The van der Waals surface area contributed by atoms with Crippen LogP contribution in [-0.2, 0) is 9.53 Å². The van der Waals surface area contributed by atoms with E-state index in [-0.39, 0.29) is 6.42 Å². The first-order valence-corrected chi connectivity index (χ1v) is 4.06. The molecular formula is C9H12O4. The Morgan fingerprint density at radius 2 is 2.38 bits per heavy atom. The first-order valence-electron chi connectivity index (χ1n) is 4.06. The monoisotopic (exact) mass is 184 g/mol. The molecule has 0 aromatic rings. The molecule has 72 valence electrons. The van der Waals surface area contributed by atoms with Crippen molar-refractivity contribution in [2.45, 2.75) is 19.1 Å². The van der Waals surface area contributed by atoms with Gasteiger partial charge in [0.15, 0.2) is 5.79 Å². The van der Waals surface area contributed by atoms with Crippen molar-refractivity contribution >= 4 is 5.97 Å². The summed E-state index contributed by atoms with van der Waals surface area (Å²) in [5.41, 5.74) is 0.362. The third-order valence-corrected chi connectivity index (χ3v) is 1.66. The van der Waals surface area contributed by atoms with Crippen LogP contribution in [0.3, 0.4) is 0 Å². The highest BCUT2D eigenvalue weighted by atomic mass is 16.5. The molecule has 0 heterocycles. The molecule has 0 aromatic heterocycles. The third-order valence-electron chi connectivity index (χ3n) is 1.66. The molecule has 0 unspecified atom stereocenters. The molecular weight excluding hydrogens is 172 g/mol. The number of hydrogen-bond donors (Lipinski definition) is 2. The predicted octanol–water partition coefficient (Wildman–Crippen LogP) is 0.117. The molecule has 1 aliphatic rings. The summed E-state index contributed by atoms with van der Waals surface area (Å²) in [5, 5.41) is 18.2. The van der Waals surface area contributed by atoms with Gasteiger partial charge in [0.1, 0.15) is 0 Å². The van der Waals surface area contributed by atoms with Gasteiger partial charge in [0.2, 0.25) is 0 Å². The maximum Gasteiger partial charge on any atom is 0.337 e. The summed E-state index contributed by atoms with van der Waals surface area (Å²) < 4.78 is 4.73. The summed E-state index contributed by atoms with van der Waals surface area (Å²) in [4.78, 5) is 11.1. The van der Waals surface area contributed by atoms with Gasteiger partial charge in [0.25, 0.3) is 0 Å². The number of hydrogen-bond acceptors (Lipinski definition) is 4. The van der Waals surface area contributed by atoms with Crippen LogP contribution >= 0.6 is 0 Å². The van der Waals surface area contributed by atoms with Crippen molar-refractivity contribution in [3.8, 4) is 0 Å². The van der Waals surface area contributed by atoms with Crippen LogP contribution in [0, 0.1) is 0 Å². The van der Waals surface area contributed by atoms with Crippen molar-refractivity contribution in [3.63, 3.8) is 0 Å². The van der Waals surface area contributed by atoms with E-state index < -0.39 is 11.8 Å². The van der Waals surface area contributed by atoms with Gasteiger partial charge in [0, 0.05) is 6.42 Å². The lowest BCUT2D eigenvalue weighted by atomic mass is 10.0. The van der Waals surface area contributed by atoms with Crippen molar-refractivity contribution in [1.82, 2.24) is 0 Å². The molecule has 0 saturated heterocycles. The summed E-state index contributed by atoms with van der Waals surface area (Å²) in [6, 6.07) is 0. The lowest BCUT2D eigenvalue weighted by Gasteiger charge is -2.19. The van der Waals surface area contributed by atoms with E-state index >= 15 is 0 Å². The van der Waals surface area contributed by atoms with Gasteiger partial charge in [-0.2, -0.15) is 0 Å². The summed E-state index contributed by atoms with van der Waals surface area (Å²) in [6.45, 7) is 2.03. The van der Waals surface area contributed by atoms with E-state index in [1.54, 1.807) is 6.92 Å². The average Bonchev–Trinajstić information content (AvgIpc) is 2.04. The lowest BCUT2D eigenvalue weighted by molar-refractivity contribution is -0.138. The molecule has 2 N–H and O–H groups in total. The molecule has 0 spiro atoms. The molecule has 0 amide bonds. The van der Waals surface area contributed by atoms with E-state index in [2.05, 4.69) is 0 Å². The Bertz CT molecular complexity index is 263. The van der Waals surface area contributed by atoms with E-state index in [1.807, 2.05) is 0 Å². The van der Waals surface area contributed by atoms with Crippen LogP contribution < -0.4 is 0 Å². The van der Waals surface area contributed by atoms with Crippen molar-refractivity contribution < 1.29 is 19.7 Å². The van der Waals surface area contributed by atoms with Crippen LogP contribution in [0.2, 0.25) is 0 Å². The Kier molecular flexibility index (Phi) is 2.85. The summed E-state index contributed by atoms with van der Waals surface area (Å²) in [7, 11) is 0. The smallest absolute Gasteiger partial charge is 0.337 e. The zero-order valence-electron chi connectivity index (χ0n) is 7.36. The standard InChI is InChI=1S/C9H12O4/c1-2-13-8(10)7-3-5-9(11,12)6-4-7/h3-5,11-12H,2,6H2,1H3. The Hall–Kier alpha value is -1.13. The first kappa shape index (κ1) is 9.95. The van der Waals surface area contributed by atoms with Crippen LogP contribution in [0.4, 0.5) is 0 Å². The normalized spacial score (nSPS) is 19.5.